The van der Waals surface area contributed by atoms with E-state index in [-0.39, 0.29) is 37.1 Å². The van der Waals surface area contributed by atoms with Gasteiger partial charge in [0.15, 0.2) is 5.69 Å². The van der Waals surface area contributed by atoms with E-state index in [9.17, 15) is 19.5 Å². The lowest BCUT2D eigenvalue weighted by Gasteiger charge is -2.17. The molecule has 0 radical (unpaired) electrons. The van der Waals surface area contributed by atoms with Crippen LogP contribution in [0.25, 0.3) is 11.1 Å². The molecule has 2 aliphatic rings. The van der Waals surface area contributed by atoms with Crippen LogP contribution in [0.15, 0.2) is 66.9 Å². The maximum Gasteiger partial charge on any atom is 0.411 e. The summed E-state index contributed by atoms with van der Waals surface area (Å²) in [4.78, 5) is 40.9. The summed E-state index contributed by atoms with van der Waals surface area (Å²) >= 11 is 0. The Morgan fingerprint density at radius 3 is 2.34 bits per heavy atom. The number of anilines is 1. The molecule has 2 unspecified atom stereocenters. The van der Waals surface area contributed by atoms with Gasteiger partial charge in [0.25, 0.3) is 5.91 Å². The van der Waals surface area contributed by atoms with E-state index in [1.165, 1.54) is 12.3 Å². The topological polar surface area (TPSA) is 127 Å². The number of aromatic nitrogens is 1. The zero-order valence-electron chi connectivity index (χ0n) is 18.6. The highest BCUT2D eigenvalue weighted by Gasteiger charge is 2.36. The molecule has 3 N–H and O–H groups in total. The molecule has 3 aromatic rings. The SMILES string of the molecule is O=C(Nc1cccnc1C(=O)NC1COCC1C(=O)O)OCC1c2ccccc2-c2ccccc21. The zero-order chi connectivity index (χ0) is 24.4. The molecule has 9 nitrogen and oxygen atoms in total. The number of ether oxygens (including phenoxy) is 2. The molecule has 1 saturated heterocycles. The van der Waals surface area contributed by atoms with Gasteiger partial charge in [-0.2, -0.15) is 0 Å². The Labute approximate surface area is 201 Å². The van der Waals surface area contributed by atoms with Crippen molar-refractivity contribution in [2.45, 2.75) is 12.0 Å². The van der Waals surface area contributed by atoms with Crippen LogP contribution >= 0.6 is 0 Å². The minimum absolute atomic E-state index is 0.0212. The van der Waals surface area contributed by atoms with E-state index in [4.69, 9.17) is 9.47 Å². The van der Waals surface area contributed by atoms with Crippen molar-refractivity contribution >= 4 is 23.7 Å². The Hall–Kier alpha value is -4.24. The van der Waals surface area contributed by atoms with Gasteiger partial charge in [0, 0.05) is 12.1 Å². The van der Waals surface area contributed by atoms with E-state index < -0.39 is 29.9 Å². The van der Waals surface area contributed by atoms with Crippen LogP contribution < -0.4 is 10.6 Å². The fraction of sp³-hybridized carbons (Fsp3) is 0.231. The van der Waals surface area contributed by atoms with Gasteiger partial charge in [0.1, 0.15) is 12.5 Å². The molecular weight excluding hydrogens is 450 g/mol. The zero-order valence-corrected chi connectivity index (χ0v) is 18.6. The highest BCUT2D eigenvalue weighted by atomic mass is 16.5. The van der Waals surface area contributed by atoms with Crippen LogP contribution in [0.1, 0.15) is 27.5 Å². The van der Waals surface area contributed by atoms with Gasteiger partial charge in [-0.1, -0.05) is 48.5 Å². The lowest BCUT2D eigenvalue weighted by molar-refractivity contribution is -0.142. The van der Waals surface area contributed by atoms with Crippen LogP contribution in [-0.2, 0) is 14.3 Å². The molecule has 178 valence electrons. The smallest absolute Gasteiger partial charge is 0.411 e. The number of carboxylic acids is 1. The molecule has 2 heterocycles. The quantitative estimate of drug-likeness (QED) is 0.501. The summed E-state index contributed by atoms with van der Waals surface area (Å²) in [6.07, 6.45) is 0.694. The summed E-state index contributed by atoms with van der Waals surface area (Å²) in [7, 11) is 0. The molecule has 2 atom stereocenters. The average Bonchev–Trinajstić information content (AvgIpc) is 3.46. The number of carbonyl (C=O) groups is 3. The van der Waals surface area contributed by atoms with Crippen molar-refractivity contribution in [3.63, 3.8) is 0 Å². The highest BCUT2D eigenvalue weighted by molar-refractivity contribution is 6.01. The normalized spacial score (nSPS) is 18.4. The first kappa shape index (κ1) is 22.5. The summed E-state index contributed by atoms with van der Waals surface area (Å²) in [5.41, 5.74) is 4.55. The van der Waals surface area contributed by atoms with Gasteiger partial charge >= 0.3 is 12.1 Å². The molecule has 9 heteroatoms. The standard InChI is InChI=1S/C26H23N3O6/c30-24(28-22-14-34-12-20(22)25(31)32)23-21(10-5-11-27-23)29-26(33)35-13-19-17-8-3-1-6-15(17)16-7-2-4-9-18(16)19/h1-11,19-20,22H,12-14H2,(H,28,30)(H,29,33)(H,31,32). The summed E-state index contributed by atoms with van der Waals surface area (Å²) in [5.74, 6) is -2.60. The Morgan fingerprint density at radius 2 is 1.66 bits per heavy atom. The predicted octanol–water partition coefficient (Wildman–Crippen LogP) is 3.27. The summed E-state index contributed by atoms with van der Waals surface area (Å²) in [6, 6.07) is 18.5. The van der Waals surface area contributed by atoms with Crippen molar-refractivity contribution < 1.29 is 29.0 Å². The number of nitrogens with one attached hydrogen (secondary N) is 2. The number of carboxylic acid groups (broad SMARTS) is 1. The molecule has 1 aromatic heterocycles. The molecule has 1 fully saturated rings. The van der Waals surface area contributed by atoms with Crippen molar-refractivity contribution in [2.24, 2.45) is 5.92 Å². The molecule has 1 aliphatic heterocycles. The summed E-state index contributed by atoms with van der Waals surface area (Å²) in [6.45, 7) is 0.236. The summed E-state index contributed by atoms with van der Waals surface area (Å²) < 4.78 is 10.7. The molecular formula is C26H23N3O6. The predicted molar refractivity (Wildman–Crippen MR) is 126 cm³/mol. The third-order valence-corrected chi connectivity index (χ3v) is 6.32. The van der Waals surface area contributed by atoms with Crippen molar-refractivity contribution in [3.05, 3.63) is 83.7 Å². The molecule has 0 spiro atoms. The van der Waals surface area contributed by atoms with E-state index in [2.05, 4.69) is 27.8 Å². The minimum Gasteiger partial charge on any atom is -0.481 e. The van der Waals surface area contributed by atoms with Crippen LogP contribution in [0.2, 0.25) is 0 Å². The van der Waals surface area contributed by atoms with E-state index in [0.717, 1.165) is 22.3 Å². The molecule has 5 rings (SSSR count). The maximum absolute atomic E-state index is 12.8. The molecule has 1 aliphatic carbocycles. The molecule has 0 saturated carbocycles. The van der Waals surface area contributed by atoms with Crippen molar-refractivity contribution in [2.75, 3.05) is 25.1 Å². The first-order valence-corrected chi connectivity index (χ1v) is 11.2. The second-order valence-corrected chi connectivity index (χ2v) is 8.41. The van der Waals surface area contributed by atoms with Crippen LogP contribution in [0.4, 0.5) is 10.5 Å². The van der Waals surface area contributed by atoms with Gasteiger partial charge in [0.05, 0.1) is 24.9 Å². The maximum atomic E-state index is 12.8. The number of nitrogens with zero attached hydrogens (tertiary/aromatic N) is 1. The van der Waals surface area contributed by atoms with Crippen molar-refractivity contribution in [3.8, 4) is 11.1 Å². The van der Waals surface area contributed by atoms with E-state index in [0.29, 0.717) is 0 Å². The molecule has 2 aromatic carbocycles. The first-order valence-electron chi connectivity index (χ1n) is 11.2. The van der Waals surface area contributed by atoms with E-state index in [1.54, 1.807) is 6.07 Å². The first-order chi connectivity index (χ1) is 17.0. The Morgan fingerprint density at radius 1 is 0.971 bits per heavy atom. The third-order valence-electron chi connectivity index (χ3n) is 6.32. The number of hydrogen-bond acceptors (Lipinski definition) is 6. The lowest BCUT2D eigenvalue weighted by atomic mass is 9.98. The molecule has 0 bridgehead atoms. The van der Waals surface area contributed by atoms with E-state index >= 15 is 0 Å². The fourth-order valence-corrected chi connectivity index (χ4v) is 4.61. The number of fused-ring (bicyclic) bond motifs is 3. The average molecular weight is 473 g/mol. The molecule has 2 amide bonds. The van der Waals surface area contributed by atoms with Gasteiger partial charge < -0.3 is 19.9 Å². The van der Waals surface area contributed by atoms with Crippen LogP contribution in [0, 0.1) is 5.92 Å². The van der Waals surface area contributed by atoms with Gasteiger partial charge in [-0.15, -0.1) is 0 Å². The Kier molecular flexibility index (Phi) is 6.15. The van der Waals surface area contributed by atoms with Gasteiger partial charge in [-0.3, -0.25) is 14.9 Å². The van der Waals surface area contributed by atoms with Crippen LogP contribution in [0.3, 0.4) is 0 Å². The number of hydrogen-bond donors (Lipinski definition) is 3. The second kappa shape index (κ2) is 9.55. The van der Waals surface area contributed by atoms with Crippen molar-refractivity contribution in [1.29, 1.82) is 0 Å². The lowest BCUT2D eigenvalue weighted by Crippen LogP contribution is -2.43. The molecule has 35 heavy (non-hydrogen) atoms. The number of amides is 2. The van der Waals surface area contributed by atoms with Crippen LogP contribution in [-0.4, -0.2) is 53.9 Å². The van der Waals surface area contributed by atoms with Crippen molar-refractivity contribution in [1.82, 2.24) is 10.3 Å². The number of carbonyl (C=O) groups excluding carboxylic acids is 2. The number of rotatable bonds is 6. The van der Waals surface area contributed by atoms with E-state index in [1.807, 2.05) is 36.4 Å². The van der Waals surface area contributed by atoms with Gasteiger partial charge in [-0.05, 0) is 34.4 Å². The fourth-order valence-electron chi connectivity index (χ4n) is 4.61. The third kappa shape index (κ3) is 4.45. The minimum atomic E-state index is -1.05. The second-order valence-electron chi connectivity index (χ2n) is 8.41. The Balaban J connectivity index is 1.26. The highest BCUT2D eigenvalue weighted by Crippen LogP contribution is 2.44. The number of aliphatic carboxylic acids is 1. The number of benzene rings is 2. The van der Waals surface area contributed by atoms with Crippen LogP contribution in [0.5, 0.6) is 0 Å². The number of pyridine rings is 1. The largest absolute Gasteiger partial charge is 0.481 e. The monoisotopic (exact) mass is 473 g/mol. The Bertz CT molecular complexity index is 1250. The van der Waals surface area contributed by atoms with Gasteiger partial charge in [-0.25, -0.2) is 9.78 Å². The summed E-state index contributed by atoms with van der Waals surface area (Å²) in [5, 5.41) is 14.5. The van der Waals surface area contributed by atoms with Gasteiger partial charge in [0.2, 0.25) is 0 Å².